The van der Waals surface area contributed by atoms with Crippen LogP contribution in [0.25, 0.3) is 0 Å². The molecule has 2 amide bonds. The van der Waals surface area contributed by atoms with E-state index in [-0.39, 0.29) is 42.8 Å². The standard InChI is InChI=1S/C24H27FN2O4/c1-30-21-9-5-17(6-10-21)12-26-13-22(31-16-18-3-2-4-20(25)11-18)14-27(15-23(26)28)24(29)19-7-8-19/h2-6,9-11,19,22H,7-8,12-16H2,1H3. The van der Waals surface area contributed by atoms with Gasteiger partial charge in [0.15, 0.2) is 0 Å². The molecule has 0 bridgehead atoms. The molecule has 164 valence electrons. The zero-order valence-corrected chi connectivity index (χ0v) is 17.6. The van der Waals surface area contributed by atoms with Gasteiger partial charge in [-0.1, -0.05) is 24.3 Å². The second kappa shape index (κ2) is 9.47. The van der Waals surface area contributed by atoms with E-state index in [9.17, 15) is 14.0 Å². The molecule has 2 aromatic carbocycles. The smallest absolute Gasteiger partial charge is 0.242 e. The first-order valence-electron chi connectivity index (χ1n) is 10.6. The highest BCUT2D eigenvalue weighted by atomic mass is 19.1. The molecule has 1 atom stereocenters. The fraction of sp³-hybridized carbons (Fsp3) is 0.417. The molecule has 2 aliphatic rings. The molecular weight excluding hydrogens is 399 g/mol. The second-order valence-corrected chi connectivity index (χ2v) is 8.18. The van der Waals surface area contributed by atoms with Crippen LogP contribution >= 0.6 is 0 Å². The maximum atomic E-state index is 13.5. The average molecular weight is 426 g/mol. The van der Waals surface area contributed by atoms with Gasteiger partial charge in [0.25, 0.3) is 0 Å². The van der Waals surface area contributed by atoms with Gasteiger partial charge in [-0.15, -0.1) is 0 Å². The Morgan fingerprint density at radius 2 is 1.87 bits per heavy atom. The molecular formula is C24H27FN2O4. The van der Waals surface area contributed by atoms with Gasteiger partial charge in [-0.25, -0.2) is 4.39 Å². The van der Waals surface area contributed by atoms with Crippen molar-refractivity contribution < 1.29 is 23.5 Å². The van der Waals surface area contributed by atoms with Crippen molar-refractivity contribution in [3.8, 4) is 5.75 Å². The first-order chi connectivity index (χ1) is 15.0. The third-order valence-corrected chi connectivity index (χ3v) is 5.67. The predicted molar refractivity (Wildman–Crippen MR) is 113 cm³/mol. The van der Waals surface area contributed by atoms with E-state index in [1.54, 1.807) is 29.0 Å². The fourth-order valence-electron chi connectivity index (χ4n) is 3.79. The Labute approximate surface area is 181 Å². The Hall–Kier alpha value is -2.93. The number of rotatable bonds is 7. The summed E-state index contributed by atoms with van der Waals surface area (Å²) in [4.78, 5) is 29.0. The Morgan fingerprint density at radius 1 is 1.10 bits per heavy atom. The molecule has 31 heavy (non-hydrogen) atoms. The lowest BCUT2D eigenvalue weighted by atomic mass is 10.2. The number of ether oxygens (including phenoxy) is 2. The lowest BCUT2D eigenvalue weighted by Crippen LogP contribution is -2.40. The van der Waals surface area contributed by atoms with Gasteiger partial charge >= 0.3 is 0 Å². The van der Waals surface area contributed by atoms with Gasteiger partial charge in [-0.2, -0.15) is 0 Å². The van der Waals surface area contributed by atoms with Crippen molar-refractivity contribution in [2.45, 2.75) is 32.1 Å². The van der Waals surface area contributed by atoms with Crippen LogP contribution < -0.4 is 4.74 Å². The van der Waals surface area contributed by atoms with Gasteiger partial charge in [0, 0.05) is 25.6 Å². The molecule has 0 spiro atoms. The number of carbonyl (C=O) groups is 2. The largest absolute Gasteiger partial charge is 0.497 e. The Balaban J connectivity index is 1.48. The van der Waals surface area contributed by atoms with Crippen LogP contribution in [0, 0.1) is 11.7 Å². The van der Waals surface area contributed by atoms with Crippen LogP contribution in [0.2, 0.25) is 0 Å². The molecule has 6 nitrogen and oxygen atoms in total. The zero-order valence-electron chi connectivity index (χ0n) is 17.6. The summed E-state index contributed by atoms with van der Waals surface area (Å²) in [5.41, 5.74) is 1.69. The maximum Gasteiger partial charge on any atom is 0.242 e. The van der Waals surface area contributed by atoms with E-state index in [0.29, 0.717) is 19.6 Å². The highest BCUT2D eigenvalue weighted by Gasteiger charge is 2.38. The third kappa shape index (κ3) is 5.61. The number of methoxy groups -OCH3 is 1. The highest BCUT2D eigenvalue weighted by molar-refractivity contribution is 5.87. The van der Waals surface area contributed by atoms with Crippen LogP contribution in [0.15, 0.2) is 48.5 Å². The van der Waals surface area contributed by atoms with Gasteiger partial charge in [0.2, 0.25) is 11.8 Å². The summed E-state index contributed by atoms with van der Waals surface area (Å²) in [5, 5.41) is 0. The number of carbonyl (C=O) groups excluding carboxylic acids is 2. The number of halogens is 1. The van der Waals surface area contributed by atoms with Crippen molar-refractivity contribution >= 4 is 11.8 Å². The summed E-state index contributed by atoms with van der Waals surface area (Å²) in [5.74, 6) is 0.401. The van der Waals surface area contributed by atoms with Crippen LogP contribution in [0.5, 0.6) is 5.75 Å². The minimum atomic E-state index is -0.351. The number of benzene rings is 2. The minimum Gasteiger partial charge on any atom is -0.497 e. The highest BCUT2D eigenvalue weighted by Crippen LogP contribution is 2.31. The molecule has 7 heteroatoms. The van der Waals surface area contributed by atoms with Crippen LogP contribution in [0.4, 0.5) is 4.39 Å². The number of nitrogens with zero attached hydrogens (tertiary/aromatic N) is 2. The van der Waals surface area contributed by atoms with Crippen LogP contribution in [-0.4, -0.2) is 54.5 Å². The summed E-state index contributed by atoms with van der Waals surface area (Å²) < 4.78 is 24.8. The molecule has 1 heterocycles. The van der Waals surface area contributed by atoms with Gasteiger partial charge in [0.05, 0.1) is 26.4 Å². The summed E-state index contributed by atoms with van der Waals surface area (Å²) in [6.07, 6.45) is 1.41. The molecule has 2 fully saturated rings. The molecule has 1 aliphatic heterocycles. The monoisotopic (exact) mass is 426 g/mol. The van der Waals surface area contributed by atoms with E-state index in [4.69, 9.17) is 9.47 Å². The number of amides is 2. The van der Waals surface area contributed by atoms with E-state index < -0.39 is 0 Å². The van der Waals surface area contributed by atoms with Crippen LogP contribution in [0.3, 0.4) is 0 Å². The molecule has 1 saturated heterocycles. The lowest BCUT2D eigenvalue weighted by Gasteiger charge is -2.25. The molecule has 4 rings (SSSR count). The molecule has 1 aliphatic carbocycles. The average Bonchev–Trinajstić information content (AvgIpc) is 3.62. The van der Waals surface area contributed by atoms with Crippen molar-refractivity contribution in [2.24, 2.45) is 5.92 Å². The third-order valence-electron chi connectivity index (χ3n) is 5.67. The topological polar surface area (TPSA) is 59.1 Å². The normalized spacial score (nSPS) is 19.3. The first-order valence-corrected chi connectivity index (χ1v) is 10.6. The molecule has 0 N–H and O–H groups in total. The summed E-state index contributed by atoms with van der Waals surface area (Å²) in [6.45, 7) is 1.43. The maximum absolute atomic E-state index is 13.5. The van der Waals surface area contributed by atoms with Crippen LogP contribution in [0.1, 0.15) is 24.0 Å². The van der Waals surface area contributed by atoms with E-state index in [2.05, 4.69) is 0 Å². The quantitative estimate of drug-likeness (QED) is 0.683. The first kappa shape index (κ1) is 21.3. The van der Waals surface area contributed by atoms with Crippen molar-refractivity contribution in [2.75, 3.05) is 26.7 Å². The molecule has 2 aromatic rings. The fourth-order valence-corrected chi connectivity index (χ4v) is 3.79. The summed E-state index contributed by atoms with van der Waals surface area (Å²) in [7, 11) is 1.61. The van der Waals surface area contributed by atoms with Crippen molar-refractivity contribution in [3.63, 3.8) is 0 Å². The summed E-state index contributed by atoms with van der Waals surface area (Å²) >= 11 is 0. The minimum absolute atomic E-state index is 0.0269. The predicted octanol–water partition coefficient (Wildman–Crippen LogP) is 3.00. The Morgan fingerprint density at radius 3 is 2.55 bits per heavy atom. The van der Waals surface area contributed by atoms with E-state index in [1.165, 1.54) is 12.1 Å². The van der Waals surface area contributed by atoms with E-state index >= 15 is 0 Å². The number of hydrogen-bond acceptors (Lipinski definition) is 4. The van der Waals surface area contributed by atoms with Crippen molar-refractivity contribution in [1.82, 2.24) is 9.80 Å². The Kier molecular flexibility index (Phi) is 6.51. The SMILES string of the molecule is COc1ccc(CN2CC(OCc3cccc(F)c3)CN(C(=O)C3CC3)CC2=O)cc1. The van der Waals surface area contributed by atoms with Gasteiger partial charge < -0.3 is 19.3 Å². The van der Waals surface area contributed by atoms with Crippen molar-refractivity contribution in [3.05, 3.63) is 65.5 Å². The lowest BCUT2D eigenvalue weighted by molar-refractivity contribution is -0.139. The van der Waals surface area contributed by atoms with E-state index in [0.717, 1.165) is 29.7 Å². The second-order valence-electron chi connectivity index (χ2n) is 8.18. The molecule has 0 aromatic heterocycles. The molecule has 1 unspecified atom stereocenters. The zero-order chi connectivity index (χ0) is 21.8. The summed E-state index contributed by atoms with van der Waals surface area (Å²) in [6, 6.07) is 13.8. The Bertz CT molecular complexity index is 929. The number of hydrogen-bond donors (Lipinski definition) is 0. The van der Waals surface area contributed by atoms with Gasteiger partial charge in [0.1, 0.15) is 11.6 Å². The van der Waals surface area contributed by atoms with Crippen molar-refractivity contribution in [1.29, 1.82) is 0 Å². The van der Waals surface area contributed by atoms with Gasteiger partial charge in [-0.3, -0.25) is 9.59 Å². The van der Waals surface area contributed by atoms with Crippen LogP contribution in [-0.2, 0) is 27.5 Å². The molecule has 1 saturated carbocycles. The molecule has 0 radical (unpaired) electrons. The van der Waals surface area contributed by atoms with Gasteiger partial charge in [-0.05, 0) is 48.2 Å². The van der Waals surface area contributed by atoms with E-state index in [1.807, 2.05) is 24.3 Å².